The van der Waals surface area contributed by atoms with E-state index in [4.69, 9.17) is 22.4 Å². The van der Waals surface area contributed by atoms with E-state index < -0.39 is 19.7 Å². The molecule has 0 atom stereocenters. The number of carbonyl (C=O) groups is 1. The molecule has 0 bridgehead atoms. The largest absolute Gasteiger partial charge is 0.481 e. The Balaban J connectivity index is 2.63. The minimum Gasteiger partial charge on any atom is -0.481 e. The highest BCUT2D eigenvalue weighted by Crippen LogP contribution is 2.43. The molecule has 1 aromatic carbocycles. The van der Waals surface area contributed by atoms with Gasteiger partial charge >= 0.3 is 13.6 Å². The normalized spacial score (nSPS) is 11.8. The first kappa shape index (κ1) is 16.7. The van der Waals surface area contributed by atoms with Crippen molar-refractivity contribution in [2.45, 2.75) is 19.0 Å². The van der Waals surface area contributed by atoms with E-state index in [9.17, 15) is 19.1 Å². The van der Waals surface area contributed by atoms with Crippen LogP contribution in [0, 0.1) is 0 Å². The molecular formula is C13H14ClN2O5P. The lowest BCUT2D eigenvalue weighted by Gasteiger charge is -2.15. The van der Waals surface area contributed by atoms with Gasteiger partial charge in [-0.2, -0.15) is 0 Å². The zero-order valence-electron chi connectivity index (χ0n) is 11.4. The van der Waals surface area contributed by atoms with Gasteiger partial charge in [0.25, 0.3) is 0 Å². The van der Waals surface area contributed by atoms with Crippen LogP contribution < -0.4 is 5.73 Å². The van der Waals surface area contributed by atoms with Gasteiger partial charge in [-0.1, -0.05) is 11.6 Å². The van der Waals surface area contributed by atoms with Gasteiger partial charge in [0.05, 0.1) is 18.1 Å². The molecule has 0 unspecified atom stereocenters. The number of carboxylic acid groups (broad SMARTS) is 1. The number of fused-ring (bicyclic) bond motifs is 1. The minimum absolute atomic E-state index is 0.0251. The van der Waals surface area contributed by atoms with Crippen LogP contribution in [0.2, 0.25) is 5.02 Å². The van der Waals surface area contributed by atoms with E-state index in [2.05, 4.69) is 4.98 Å². The fraction of sp³-hybridized carbons (Fsp3) is 0.231. The fourth-order valence-electron chi connectivity index (χ4n) is 2.17. The Labute approximate surface area is 130 Å². The Bertz CT molecular complexity index is 790. The van der Waals surface area contributed by atoms with Crippen molar-refractivity contribution < 1.29 is 24.3 Å². The molecule has 5 N–H and O–H groups in total. The van der Waals surface area contributed by atoms with E-state index in [1.165, 1.54) is 0 Å². The maximum Gasteiger partial charge on any atom is 0.330 e. The molecule has 0 aliphatic heterocycles. The molecule has 7 nitrogen and oxygen atoms in total. The Hall–Kier alpha value is -1.66. The molecule has 1 aromatic heterocycles. The van der Waals surface area contributed by atoms with Gasteiger partial charge in [0.1, 0.15) is 0 Å². The van der Waals surface area contributed by atoms with Crippen LogP contribution in [0.1, 0.15) is 17.7 Å². The first-order chi connectivity index (χ1) is 10.2. The maximum absolute atomic E-state index is 11.3. The molecule has 0 saturated carbocycles. The summed E-state index contributed by atoms with van der Waals surface area (Å²) in [7, 11) is -4.37. The third kappa shape index (κ3) is 3.96. The number of hydrogen-bond acceptors (Lipinski definition) is 4. The van der Waals surface area contributed by atoms with E-state index in [1.807, 2.05) is 0 Å². The lowest BCUT2D eigenvalue weighted by molar-refractivity contribution is -0.136. The van der Waals surface area contributed by atoms with Crippen molar-refractivity contribution in [3.8, 4) is 0 Å². The number of anilines is 1. The smallest absolute Gasteiger partial charge is 0.330 e. The Kier molecular flexibility index (Phi) is 4.72. The summed E-state index contributed by atoms with van der Waals surface area (Å²) >= 11 is 5.90. The summed E-state index contributed by atoms with van der Waals surface area (Å²) in [4.78, 5) is 33.4. The van der Waals surface area contributed by atoms with Crippen LogP contribution in [0.3, 0.4) is 0 Å². The van der Waals surface area contributed by atoms with Crippen molar-refractivity contribution in [2.75, 3.05) is 5.73 Å². The average Bonchev–Trinajstić information content (AvgIpc) is 2.38. The summed E-state index contributed by atoms with van der Waals surface area (Å²) in [5.41, 5.74) is 7.10. The fourth-order valence-corrected chi connectivity index (χ4v) is 3.10. The lowest BCUT2D eigenvalue weighted by Crippen LogP contribution is -2.07. The zero-order valence-corrected chi connectivity index (χ0v) is 13.0. The highest BCUT2D eigenvalue weighted by molar-refractivity contribution is 7.50. The quantitative estimate of drug-likeness (QED) is 0.610. The van der Waals surface area contributed by atoms with Crippen molar-refractivity contribution >= 4 is 41.8 Å². The summed E-state index contributed by atoms with van der Waals surface area (Å²) in [6.45, 7) is 0. The molecule has 2 rings (SSSR count). The third-order valence-electron chi connectivity index (χ3n) is 3.12. The number of pyridine rings is 1. The van der Waals surface area contributed by atoms with Crippen molar-refractivity contribution in [2.24, 2.45) is 0 Å². The minimum atomic E-state index is -4.37. The van der Waals surface area contributed by atoms with Crippen LogP contribution in [0.4, 0.5) is 5.69 Å². The van der Waals surface area contributed by atoms with Gasteiger partial charge in [-0.15, -0.1) is 0 Å². The number of carboxylic acids is 1. The number of aromatic nitrogens is 1. The third-order valence-corrected chi connectivity index (χ3v) is 4.08. The van der Waals surface area contributed by atoms with E-state index in [1.54, 1.807) is 18.2 Å². The Morgan fingerprint density at radius 1 is 1.36 bits per heavy atom. The second-order valence-corrected chi connectivity index (χ2v) is 6.91. The highest BCUT2D eigenvalue weighted by Gasteiger charge is 2.22. The number of nitrogens with zero attached hydrogens (tertiary/aromatic N) is 1. The molecule has 2 aromatic rings. The van der Waals surface area contributed by atoms with E-state index in [0.717, 1.165) is 0 Å². The van der Waals surface area contributed by atoms with Gasteiger partial charge in [-0.05, 0) is 18.2 Å². The van der Waals surface area contributed by atoms with Crippen LogP contribution in [-0.4, -0.2) is 25.8 Å². The molecule has 0 spiro atoms. The summed E-state index contributed by atoms with van der Waals surface area (Å²) in [6.07, 6.45) is -0.774. The maximum atomic E-state index is 11.3. The molecule has 0 amide bonds. The van der Waals surface area contributed by atoms with Crippen LogP contribution >= 0.6 is 19.2 Å². The number of aryl methyl sites for hydroxylation is 1. The molecule has 0 aliphatic carbocycles. The van der Waals surface area contributed by atoms with Crippen molar-refractivity contribution in [1.29, 1.82) is 0 Å². The van der Waals surface area contributed by atoms with Crippen LogP contribution in [0.15, 0.2) is 18.2 Å². The van der Waals surface area contributed by atoms with Crippen LogP contribution in [-0.2, 0) is 21.9 Å². The van der Waals surface area contributed by atoms with Gasteiger partial charge in [-0.25, -0.2) is 0 Å². The summed E-state index contributed by atoms with van der Waals surface area (Å²) in [5, 5.41) is 9.75. The van der Waals surface area contributed by atoms with Gasteiger partial charge in [0.15, 0.2) is 0 Å². The molecular weight excluding hydrogens is 331 g/mol. The molecule has 0 saturated heterocycles. The van der Waals surface area contributed by atoms with Crippen LogP contribution in [0.5, 0.6) is 0 Å². The molecule has 0 aliphatic rings. The van der Waals surface area contributed by atoms with Gasteiger partial charge in [0.2, 0.25) is 0 Å². The van der Waals surface area contributed by atoms with Crippen molar-refractivity contribution in [1.82, 2.24) is 4.98 Å². The van der Waals surface area contributed by atoms with E-state index in [0.29, 0.717) is 15.9 Å². The first-order valence-electron chi connectivity index (χ1n) is 6.30. The number of nitrogen functional groups attached to an aromatic ring is 1. The summed E-state index contributed by atoms with van der Waals surface area (Å²) < 4.78 is 11.3. The predicted octanol–water partition coefficient (Wildman–Crippen LogP) is 2.17. The number of hydrogen-bond donors (Lipinski definition) is 4. The Morgan fingerprint density at radius 3 is 2.64 bits per heavy atom. The van der Waals surface area contributed by atoms with Gasteiger partial charge < -0.3 is 20.6 Å². The van der Waals surface area contributed by atoms with Gasteiger partial charge in [0, 0.05) is 33.8 Å². The molecule has 118 valence electrons. The molecule has 0 radical (unpaired) electrons. The number of nitrogens with two attached hydrogens (primary N) is 1. The average molecular weight is 345 g/mol. The molecule has 9 heteroatoms. The first-order valence-corrected chi connectivity index (χ1v) is 8.48. The monoisotopic (exact) mass is 344 g/mol. The lowest BCUT2D eigenvalue weighted by atomic mass is 10.0. The van der Waals surface area contributed by atoms with Crippen molar-refractivity contribution in [3.05, 3.63) is 34.5 Å². The molecule has 22 heavy (non-hydrogen) atoms. The second kappa shape index (κ2) is 6.22. The summed E-state index contributed by atoms with van der Waals surface area (Å²) in [6, 6.07) is 4.78. The van der Waals surface area contributed by atoms with Crippen molar-refractivity contribution in [3.63, 3.8) is 0 Å². The highest BCUT2D eigenvalue weighted by atomic mass is 35.5. The summed E-state index contributed by atoms with van der Waals surface area (Å²) in [5.74, 6) is -1.03. The predicted molar refractivity (Wildman–Crippen MR) is 82.9 cm³/mol. The number of halogens is 1. The van der Waals surface area contributed by atoms with Gasteiger partial charge in [-0.3, -0.25) is 14.3 Å². The molecule has 0 fully saturated rings. The number of aliphatic carboxylic acids is 1. The van der Waals surface area contributed by atoms with E-state index >= 15 is 0 Å². The van der Waals surface area contributed by atoms with Crippen LogP contribution in [0.25, 0.3) is 10.9 Å². The topological polar surface area (TPSA) is 134 Å². The second-order valence-electron chi connectivity index (χ2n) is 4.83. The van der Waals surface area contributed by atoms with E-state index in [-0.39, 0.29) is 29.8 Å². The Morgan fingerprint density at radius 2 is 2.05 bits per heavy atom. The molecule has 1 heterocycles. The number of benzene rings is 1. The zero-order chi connectivity index (χ0) is 16.5. The number of rotatable bonds is 5. The SMILES string of the molecule is Nc1c(CP(=O)(O)O)c(CCC(=O)O)nc2cc(Cl)ccc12. The standard InChI is InChI=1S/C13H14ClN2O5P/c14-7-1-2-8-11(5-7)16-10(3-4-12(17)18)9(13(8)15)6-22(19,20)21/h1-2,5H,3-4,6H2,(H2,15,16)(H,17,18)(H2,19,20,21).